The number of benzene rings is 1. The van der Waals surface area contributed by atoms with Crippen molar-refractivity contribution >= 4 is 40.3 Å². The number of halogens is 1. The van der Waals surface area contributed by atoms with Gasteiger partial charge in [-0.1, -0.05) is 50.8 Å². The molecule has 2 aromatic heterocycles. The highest BCUT2D eigenvalue weighted by atomic mass is 35.5. The smallest absolute Gasteiger partial charge is 0.174 e. The van der Waals surface area contributed by atoms with E-state index in [4.69, 9.17) is 28.8 Å². The molecular weight excluding hydrogens is 534 g/mol. The van der Waals surface area contributed by atoms with Gasteiger partial charge in [-0.3, -0.25) is 4.98 Å². The van der Waals surface area contributed by atoms with Crippen molar-refractivity contribution in [2.75, 3.05) is 22.9 Å². The van der Waals surface area contributed by atoms with Crippen LogP contribution >= 0.6 is 23.8 Å². The lowest BCUT2D eigenvalue weighted by Gasteiger charge is -2.37. The highest BCUT2D eigenvalue weighted by Crippen LogP contribution is 2.46. The quantitative estimate of drug-likeness (QED) is 0.309. The molecule has 0 bridgehead atoms. The van der Waals surface area contributed by atoms with Crippen molar-refractivity contribution in [3.05, 3.63) is 76.3 Å². The fourth-order valence-corrected chi connectivity index (χ4v) is 8.35. The van der Waals surface area contributed by atoms with Crippen LogP contribution < -0.4 is 15.1 Å². The Morgan fingerprint density at radius 3 is 2.40 bits per heavy atom. The Labute approximate surface area is 249 Å². The normalized spacial score (nSPS) is 25.9. The lowest BCUT2D eigenvalue weighted by molar-refractivity contribution is 0.345. The van der Waals surface area contributed by atoms with Gasteiger partial charge in [0.05, 0.1) is 28.5 Å². The minimum absolute atomic E-state index is 0.0251. The number of aromatic nitrogens is 2. The number of rotatable bonds is 5. The summed E-state index contributed by atoms with van der Waals surface area (Å²) in [6.45, 7) is 11.3. The van der Waals surface area contributed by atoms with E-state index in [1.807, 2.05) is 12.3 Å². The first-order chi connectivity index (χ1) is 19.3. The molecule has 1 N–H and O–H groups in total. The summed E-state index contributed by atoms with van der Waals surface area (Å²) < 4.78 is 2.60. The number of pyridine rings is 1. The average Bonchev–Trinajstić information content (AvgIpc) is 3.43. The second kappa shape index (κ2) is 11.4. The van der Waals surface area contributed by atoms with Gasteiger partial charge in [0, 0.05) is 42.4 Å². The molecule has 40 heavy (non-hydrogen) atoms. The van der Waals surface area contributed by atoms with E-state index in [2.05, 4.69) is 83.8 Å². The summed E-state index contributed by atoms with van der Waals surface area (Å²) in [5.41, 5.74) is 7.12. The third-order valence-electron chi connectivity index (χ3n) is 9.30. The maximum atomic E-state index is 7.05. The van der Waals surface area contributed by atoms with Gasteiger partial charge in [0.2, 0.25) is 0 Å². The zero-order valence-electron chi connectivity index (χ0n) is 24.2. The Hall–Kier alpha value is -2.57. The van der Waals surface area contributed by atoms with E-state index in [1.165, 1.54) is 55.5 Å². The molecule has 0 unspecified atom stereocenters. The Balaban J connectivity index is 1.41. The van der Waals surface area contributed by atoms with E-state index in [9.17, 15) is 0 Å². The maximum Gasteiger partial charge on any atom is 0.174 e. The summed E-state index contributed by atoms with van der Waals surface area (Å²) in [6, 6.07) is 15.5. The first-order valence-electron chi connectivity index (χ1n) is 15.0. The van der Waals surface area contributed by atoms with Gasteiger partial charge in [-0.2, -0.15) is 0 Å². The first-order valence-corrected chi connectivity index (χ1v) is 15.8. The molecule has 3 fully saturated rings. The molecule has 0 radical (unpaired) electrons. The van der Waals surface area contributed by atoms with Crippen molar-refractivity contribution in [3.63, 3.8) is 0 Å². The highest BCUT2D eigenvalue weighted by Gasteiger charge is 2.42. The summed E-state index contributed by atoms with van der Waals surface area (Å²) in [6.07, 6.45) is 9.64. The lowest BCUT2D eigenvalue weighted by Crippen LogP contribution is -2.38. The number of piperidine rings is 1. The van der Waals surface area contributed by atoms with Gasteiger partial charge >= 0.3 is 0 Å². The number of aryl methyl sites for hydroxylation is 1. The van der Waals surface area contributed by atoms with Crippen LogP contribution in [0.15, 0.2) is 48.7 Å². The van der Waals surface area contributed by atoms with Crippen LogP contribution in [0.3, 0.4) is 0 Å². The van der Waals surface area contributed by atoms with Crippen molar-refractivity contribution in [1.29, 1.82) is 0 Å². The molecule has 3 aromatic rings. The molecule has 1 aliphatic carbocycles. The van der Waals surface area contributed by atoms with Crippen LogP contribution in [0.25, 0.3) is 0 Å². The maximum absolute atomic E-state index is 7.05. The highest BCUT2D eigenvalue weighted by molar-refractivity contribution is 7.80. The number of hydrogen-bond acceptors (Lipinski definition) is 3. The number of nitrogens with one attached hydrogen (secondary N) is 1. The van der Waals surface area contributed by atoms with Crippen LogP contribution in [0.5, 0.6) is 0 Å². The van der Waals surface area contributed by atoms with Crippen LogP contribution in [0, 0.1) is 25.7 Å². The van der Waals surface area contributed by atoms with Crippen LogP contribution in [-0.2, 0) is 0 Å². The molecule has 4 atom stereocenters. The second-order valence-corrected chi connectivity index (χ2v) is 13.3. The van der Waals surface area contributed by atoms with Crippen molar-refractivity contribution in [1.82, 2.24) is 14.9 Å². The fourth-order valence-electron chi connectivity index (χ4n) is 7.71. The topological polar surface area (TPSA) is 36.3 Å². The second-order valence-electron chi connectivity index (χ2n) is 12.5. The number of nitrogens with zero attached hydrogens (tertiary/aromatic N) is 4. The summed E-state index contributed by atoms with van der Waals surface area (Å²) in [5.74, 6) is 1.33. The fraction of sp³-hybridized carbons (Fsp3) is 0.515. The molecule has 4 heterocycles. The summed E-state index contributed by atoms with van der Waals surface area (Å²) in [7, 11) is 0. The Bertz CT molecular complexity index is 1350. The molecule has 7 heteroatoms. The van der Waals surface area contributed by atoms with Gasteiger partial charge in [0.15, 0.2) is 5.11 Å². The Morgan fingerprint density at radius 2 is 1.73 bits per heavy atom. The van der Waals surface area contributed by atoms with Gasteiger partial charge in [-0.15, -0.1) is 0 Å². The molecule has 0 amide bonds. The van der Waals surface area contributed by atoms with Crippen molar-refractivity contribution in [2.45, 2.75) is 84.3 Å². The van der Waals surface area contributed by atoms with Crippen LogP contribution in [0.4, 0.5) is 11.4 Å². The van der Waals surface area contributed by atoms with E-state index >= 15 is 0 Å². The van der Waals surface area contributed by atoms with Crippen LogP contribution in [0.1, 0.15) is 93.1 Å². The first kappa shape index (κ1) is 27.6. The van der Waals surface area contributed by atoms with Crippen molar-refractivity contribution in [2.24, 2.45) is 11.8 Å². The zero-order chi connectivity index (χ0) is 28.0. The monoisotopic (exact) mass is 575 g/mol. The molecule has 2 aliphatic heterocycles. The third-order valence-corrected chi connectivity index (χ3v) is 9.92. The SMILES string of the molecule is Cc1cc([C@@H]2[C@H](c3ccccn3)NC(=S)N2c2ccc(N3C[C@H](C)C[C@@H](C)C3)c(Cl)c2)c(C)n1C1CCCCC1. The molecule has 1 aromatic carbocycles. The third kappa shape index (κ3) is 5.14. The van der Waals surface area contributed by atoms with Gasteiger partial charge in [0.25, 0.3) is 0 Å². The van der Waals surface area contributed by atoms with E-state index < -0.39 is 0 Å². The predicted molar refractivity (Wildman–Crippen MR) is 171 cm³/mol. The van der Waals surface area contributed by atoms with E-state index in [0.29, 0.717) is 23.0 Å². The van der Waals surface area contributed by atoms with Gasteiger partial charge in [-0.05, 0) is 99.1 Å². The van der Waals surface area contributed by atoms with Gasteiger partial charge < -0.3 is 19.7 Å². The molecule has 6 rings (SSSR count). The number of hydrogen-bond donors (Lipinski definition) is 1. The van der Waals surface area contributed by atoms with E-state index in [1.54, 1.807) is 0 Å². The minimum Gasteiger partial charge on any atom is -0.370 e. The number of anilines is 2. The summed E-state index contributed by atoms with van der Waals surface area (Å²) in [4.78, 5) is 9.50. The number of thiocarbonyl (C=S) groups is 1. The van der Waals surface area contributed by atoms with Crippen molar-refractivity contribution in [3.8, 4) is 0 Å². The Kier molecular flexibility index (Phi) is 7.84. The lowest BCUT2D eigenvalue weighted by atomic mass is 9.91. The minimum atomic E-state index is -0.0590. The molecule has 5 nitrogen and oxygen atoms in total. The average molecular weight is 576 g/mol. The van der Waals surface area contributed by atoms with E-state index in [0.717, 1.165) is 35.2 Å². The van der Waals surface area contributed by atoms with Gasteiger partial charge in [-0.25, -0.2) is 0 Å². The molecule has 3 aliphatic rings. The summed E-state index contributed by atoms with van der Waals surface area (Å²) >= 11 is 13.1. The summed E-state index contributed by atoms with van der Waals surface area (Å²) in [5, 5.41) is 5.15. The van der Waals surface area contributed by atoms with Crippen LogP contribution in [-0.4, -0.2) is 27.8 Å². The standard InChI is InChI=1S/C33H42ClN5S/c1-21-16-22(2)20-37(19-21)30-14-13-26(18-28(30)34)39-32(31(36-33(39)40)29-12-8-9-15-35-29)27-17-23(3)38(24(27)4)25-10-6-5-7-11-25/h8-9,12-15,17-18,21-22,25,31-32H,5-7,10-11,16,19-20H2,1-4H3,(H,36,40)/t21-,22-,31+,32-/m1/s1. The largest absolute Gasteiger partial charge is 0.370 e. The zero-order valence-corrected chi connectivity index (χ0v) is 25.8. The van der Waals surface area contributed by atoms with Crippen molar-refractivity contribution < 1.29 is 0 Å². The molecule has 212 valence electrons. The molecule has 1 saturated carbocycles. The van der Waals surface area contributed by atoms with Gasteiger partial charge in [0.1, 0.15) is 0 Å². The van der Waals surface area contributed by atoms with Crippen LogP contribution in [0.2, 0.25) is 5.02 Å². The predicted octanol–water partition coefficient (Wildman–Crippen LogP) is 8.32. The Morgan fingerprint density at radius 1 is 0.975 bits per heavy atom. The molecular formula is C33H42ClN5S. The molecule has 2 saturated heterocycles. The molecule has 0 spiro atoms. The van der Waals surface area contributed by atoms with E-state index in [-0.39, 0.29) is 12.1 Å².